The van der Waals surface area contributed by atoms with Crippen molar-refractivity contribution >= 4 is 0 Å². The number of ether oxygens (including phenoxy) is 1. The maximum atomic E-state index is 5.35. The second-order valence-corrected chi connectivity index (χ2v) is 5.48. The summed E-state index contributed by atoms with van der Waals surface area (Å²) >= 11 is 0. The van der Waals surface area contributed by atoms with E-state index in [0.717, 1.165) is 31.1 Å². The van der Waals surface area contributed by atoms with Gasteiger partial charge in [-0.3, -0.25) is 0 Å². The van der Waals surface area contributed by atoms with Crippen LogP contribution in [0.4, 0.5) is 0 Å². The van der Waals surface area contributed by atoms with Crippen molar-refractivity contribution in [3.05, 3.63) is 47.5 Å². The van der Waals surface area contributed by atoms with E-state index < -0.39 is 0 Å². The van der Waals surface area contributed by atoms with Crippen molar-refractivity contribution in [1.29, 1.82) is 0 Å². The normalized spacial score (nSPS) is 11.1. The van der Waals surface area contributed by atoms with Gasteiger partial charge in [-0.2, -0.15) is 0 Å². The molecule has 2 aromatic rings. The van der Waals surface area contributed by atoms with Gasteiger partial charge in [0.15, 0.2) is 0 Å². The van der Waals surface area contributed by atoms with Crippen molar-refractivity contribution < 1.29 is 4.74 Å². The minimum Gasteiger partial charge on any atom is -0.497 e. The number of nitrogens with zero attached hydrogens (tertiary/aromatic N) is 2. The molecule has 0 unspecified atom stereocenters. The molecule has 0 saturated heterocycles. The van der Waals surface area contributed by atoms with Gasteiger partial charge in [-0.05, 0) is 30.2 Å². The Kier molecular flexibility index (Phi) is 5.39. The van der Waals surface area contributed by atoms with E-state index in [-0.39, 0.29) is 0 Å². The summed E-state index contributed by atoms with van der Waals surface area (Å²) in [5.41, 5.74) is 2.57. The molecule has 0 atom stereocenters. The molecular weight excluding hydrogens is 262 g/mol. The smallest absolute Gasteiger partial charge is 0.119 e. The number of benzene rings is 1. The van der Waals surface area contributed by atoms with Gasteiger partial charge in [-0.25, -0.2) is 4.98 Å². The fraction of sp³-hybridized carbons (Fsp3) is 0.471. The highest BCUT2D eigenvalue weighted by molar-refractivity contribution is 5.37. The van der Waals surface area contributed by atoms with Crippen LogP contribution in [0, 0.1) is 0 Å². The molecule has 1 heterocycles. The highest BCUT2D eigenvalue weighted by atomic mass is 16.5. The Morgan fingerprint density at radius 2 is 2.10 bits per heavy atom. The van der Waals surface area contributed by atoms with Crippen LogP contribution in [-0.2, 0) is 19.5 Å². The molecule has 4 nitrogen and oxygen atoms in total. The van der Waals surface area contributed by atoms with E-state index in [2.05, 4.69) is 47.8 Å². The monoisotopic (exact) mass is 287 g/mol. The zero-order valence-corrected chi connectivity index (χ0v) is 13.4. The van der Waals surface area contributed by atoms with Crippen molar-refractivity contribution in [2.45, 2.75) is 46.3 Å². The Labute approximate surface area is 127 Å². The van der Waals surface area contributed by atoms with Gasteiger partial charge in [0.1, 0.15) is 11.6 Å². The maximum Gasteiger partial charge on any atom is 0.119 e. The van der Waals surface area contributed by atoms with Crippen molar-refractivity contribution in [3.63, 3.8) is 0 Å². The van der Waals surface area contributed by atoms with Gasteiger partial charge in [0.2, 0.25) is 0 Å². The zero-order chi connectivity index (χ0) is 15.2. The van der Waals surface area contributed by atoms with Crippen molar-refractivity contribution in [2.24, 2.45) is 0 Å². The van der Waals surface area contributed by atoms with Crippen LogP contribution in [-0.4, -0.2) is 22.7 Å². The standard InChI is InChI=1S/C17H25N3O/c1-5-20-9-8-18-17(20)11-14-6-7-16(21-4)10-15(14)12-19-13(2)3/h6-10,13,19H,5,11-12H2,1-4H3. The number of hydrogen-bond donors (Lipinski definition) is 1. The number of hydrogen-bond acceptors (Lipinski definition) is 3. The van der Waals surface area contributed by atoms with E-state index in [0.29, 0.717) is 6.04 Å². The van der Waals surface area contributed by atoms with Gasteiger partial charge in [0.25, 0.3) is 0 Å². The van der Waals surface area contributed by atoms with Crippen LogP contribution in [0.2, 0.25) is 0 Å². The minimum absolute atomic E-state index is 0.460. The number of nitrogens with one attached hydrogen (secondary N) is 1. The first kappa shape index (κ1) is 15.6. The molecular formula is C17H25N3O. The maximum absolute atomic E-state index is 5.35. The predicted molar refractivity (Wildman–Crippen MR) is 85.7 cm³/mol. The molecule has 0 aliphatic heterocycles. The van der Waals surface area contributed by atoms with Crippen LogP contribution in [0.1, 0.15) is 37.7 Å². The summed E-state index contributed by atoms with van der Waals surface area (Å²) in [4.78, 5) is 4.47. The SMILES string of the molecule is CCn1ccnc1Cc1ccc(OC)cc1CNC(C)C. The summed E-state index contributed by atoms with van der Waals surface area (Å²) < 4.78 is 7.53. The van der Waals surface area contributed by atoms with Gasteiger partial charge in [-0.1, -0.05) is 19.9 Å². The molecule has 0 fully saturated rings. The third kappa shape index (κ3) is 4.08. The molecule has 1 aromatic heterocycles. The lowest BCUT2D eigenvalue weighted by molar-refractivity contribution is 0.413. The second kappa shape index (κ2) is 7.27. The summed E-state index contributed by atoms with van der Waals surface area (Å²) in [6.07, 6.45) is 4.75. The lowest BCUT2D eigenvalue weighted by atomic mass is 10.0. The Morgan fingerprint density at radius 1 is 1.29 bits per heavy atom. The van der Waals surface area contributed by atoms with Crippen LogP contribution >= 0.6 is 0 Å². The van der Waals surface area contributed by atoms with E-state index in [1.54, 1.807) is 7.11 Å². The van der Waals surface area contributed by atoms with E-state index in [4.69, 9.17) is 4.74 Å². The molecule has 0 bridgehead atoms. The summed E-state index contributed by atoms with van der Waals surface area (Å²) in [7, 11) is 1.71. The molecule has 4 heteroatoms. The topological polar surface area (TPSA) is 39.1 Å². The van der Waals surface area contributed by atoms with Gasteiger partial charge in [-0.15, -0.1) is 0 Å². The average Bonchev–Trinajstić information content (AvgIpc) is 2.93. The summed E-state index contributed by atoms with van der Waals surface area (Å²) in [6.45, 7) is 8.25. The van der Waals surface area contributed by atoms with Crippen LogP contribution in [0.5, 0.6) is 5.75 Å². The van der Waals surface area contributed by atoms with Crippen LogP contribution in [0.15, 0.2) is 30.6 Å². The first-order valence-electron chi connectivity index (χ1n) is 7.53. The van der Waals surface area contributed by atoms with Crippen molar-refractivity contribution in [1.82, 2.24) is 14.9 Å². The quantitative estimate of drug-likeness (QED) is 0.851. The molecule has 0 amide bonds. The number of methoxy groups -OCH3 is 1. The molecule has 1 aromatic carbocycles. The lowest BCUT2D eigenvalue weighted by Gasteiger charge is -2.14. The fourth-order valence-electron chi connectivity index (χ4n) is 2.35. The Bertz CT molecular complexity index is 575. The average molecular weight is 287 g/mol. The van der Waals surface area contributed by atoms with E-state index >= 15 is 0 Å². The molecule has 0 aliphatic rings. The summed E-state index contributed by atoms with van der Waals surface area (Å²) in [5.74, 6) is 2.01. The Morgan fingerprint density at radius 3 is 2.76 bits per heavy atom. The molecule has 0 radical (unpaired) electrons. The van der Waals surface area contributed by atoms with Gasteiger partial charge in [0.05, 0.1) is 7.11 Å². The van der Waals surface area contributed by atoms with E-state index in [1.165, 1.54) is 11.1 Å². The van der Waals surface area contributed by atoms with Crippen molar-refractivity contribution in [2.75, 3.05) is 7.11 Å². The van der Waals surface area contributed by atoms with Crippen LogP contribution < -0.4 is 10.1 Å². The highest BCUT2D eigenvalue weighted by Gasteiger charge is 2.09. The third-order valence-electron chi connectivity index (χ3n) is 3.61. The lowest BCUT2D eigenvalue weighted by Crippen LogP contribution is -2.22. The second-order valence-electron chi connectivity index (χ2n) is 5.48. The zero-order valence-electron chi connectivity index (χ0n) is 13.4. The van der Waals surface area contributed by atoms with Crippen molar-refractivity contribution in [3.8, 4) is 5.75 Å². The number of aromatic nitrogens is 2. The Balaban J connectivity index is 2.24. The molecule has 0 spiro atoms. The third-order valence-corrected chi connectivity index (χ3v) is 3.61. The number of imidazole rings is 1. The summed E-state index contributed by atoms with van der Waals surface area (Å²) in [6, 6.07) is 6.74. The van der Waals surface area contributed by atoms with Gasteiger partial charge in [0, 0.05) is 37.9 Å². The van der Waals surface area contributed by atoms with Gasteiger partial charge < -0.3 is 14.6 Å². The first-order chi connectivity index (χ1) is 10.1. The van der Waals surface area contributed by atoms with Crippen LogP contribution in [0.25, 0.3) is 0 Å². The molecule has 0 saturated carbocycles. The first-order valence-corrected chi connectivity index (χ1v) is 7.53. The largest absolute Gasteiger partial charge is 0.497 e. The summed E-state index contributed by atoms with van der Waals surface area (Å²) in [5, 5.41) is 3.48. The highest BCUT2D eigenvalue weighted by Crippen LogP contribution is 2.20. The van der Waals surface area contributed by atoms with E-state index in [9.17, 15) is 0 Å². The fourth-order valence-corrected chi connectivity index (χ4v) is 2.35. The van der Waals surface area contributed by atoms with Gasteiger partial charge >= 0.3 is 0 Å². The minimum atomic E-state index is 0.460. The Hall–Kier alpha value is -1.81. The number of rotatable bonds is 7. The predicted octanol–water partition coefficient (Wildman–Crippen LogP) is 3.00. The molecule has 114 valence electrons. The number of aryl methyl sites for hydroxylation is 1. The van der Waals surface area contributed by atoms with Crippen LogP contribution in [0.3, 0.4) is 0 Å². The molecule has 0 aliphatic carbocycles. The van der Waals surface area contributed by atoms with E-state index in [1.807, 2.05) is 18.5 Å². The molecule has 21 heavy (non-hydrogen) atoms. The molecule has 2 rings (SSSR count). The molecule has 1 N–H and O–H groups in total.